The highest BCUT2D eigenvalue weighted by Crippen LogP contribution is 2.32. The fourth-order valence-corrected chi connectivity index (χ4v) is 3.93. The molecule has 5 rings (SSSR count). The van der Waals surface area contributed by atoms with Crippen molar-refractivity contribution >= 4 is 39.7 Å². The van der Waals surface area contributed by atoms with E-state index >= 15 is 0 Å². The number of ether oxygens (including phenoxy) is 2. The number of aryl methyl sites for hydroxylation is 1. The Morgan fingerprint density at radius 2 is 2.00 bits per heavy atom. The highest BCUT2D eigenvalue weighted by atomic mass is 32.2. The van der Waals surface area contributed by atoms with Gasteiger partial charge in [-0.2, -0.15) is 0 Å². The van der Waals surface area contributed by atoms with Crippen LogP contribution >= 0.6 is 11.8 Å². The third kappa shape index (κ3) is 3.63. The number of thioether (sulfide) groups is 1. The standard InChI is InChI=1S/C21H19N5O3S/c1-2-12-3-5-15-14(7-12)19-20(23-15)24-21(26-25-19)30-10-18(27)22-9-13-4-6-16-17(8-13)29-11-28-16/h3-8H,2,9-11H2,1H3,(H,22,27)(H,23,24,26). The number of carbonyl (C=O) groups excluding carboxylic acids is 1. The summed E-state index contributed by atoms with van der Waals surface area (Å²) in [5.41, 5.74) is 4.59. The van der Waals surface area contributed by atoms with Crippen molar-refractivity contribution in [1.82, 2.24) is 25.5 Å². The molecule has 1 amide bonds. The molecule has 0 unspecified atom stereocenters. The van der Waals surface area contributed by atoms with Crippen LogP contribution in [0.25, 0.3) is 22.1 Å². The van der Waals surface area contributed by atoms with Crippen molar-refractivity contribution in [3.63, 3.8) is 0 Å². The molecule has 0 radical (unpaired) electrons. The van der Waals surface area contributed by atoms with E-state index in [0.29, 0.717) is 23.1 Å². The second-order valence-electron chi connectivity index (χ2n) is 6.90. The zero-order chi connectivity index (χ0) is 20.5. The molecule has 152 valence electrons. The smallest absolute Gasteiger partial charge is 0.231 e. The first-order chi connectivity index (χ1) is 14.7. The maximum atomic E-state index is 12.2. The SMILES string of the molecule is CCc1ccc2[nH]c3nc(SCC(=O)NCc4ccc5c(c4)OCO5)nnc3c2c1. The number of benzene rings is 2. The Labute approximate surface area is 176 Å². The van der Waals surface area contributed by atoms with Gasteiger partial charge in [-0.1, -0.05) is 30.8 Å². The molecule has 0 aliphatic carbocycles. The highest BCUT2D eigenvalue weighted by molar-refractivity contribution is 7.99. The number of amides is 1. The molecule has 0 fully saturated rings. The van der Waals surface area contributed by atoms with Crippen LogP contribution in [0.1, 0.15) is 18.1 Å². The van der Waals surface area contributed by atoms with E-state index in [1.54, 1.807) is 0 Å². The van der Waals surface area contributed by atoms with Gasteiger partial charge in [-0.15, -0.1) is 10.2 Å². The molecule has 3 heterocycles. The second kappa shape index (κ2) is 7.83. The van der Waals surface area contributed by atoms with E-state index in [0.717, 1.165) is 34.2 Å². The summed E-state index contributed by atoms with van der Waals surface area (Å²) in [4.78, 5) is 20.0. The summed E-state index contributed by atoms with van der Waals surface area (Å²) in [6.45, 7) is 2.76. The lowest BCUT2D eigenvalue weighted by atomic mass is 10.1. The summed E-state index contributed by atoms with van der Waals surface area (Å²) in [5.74, 6) is 1.53. The third-order valence-corrected chi connectivity index (χ3v) is 5.76. The normalized spacial score (nSPS) is 12.6. The van der Waals surface area contributed by atoms with E-state index < -0.39 is 0 Å². The molecule has 0 atom stereocenters. The van der Waals surface area contributed by atoms with E-state index in [-0.39, 0.29) is 18.5 Å². The van der Waals surface area contributed by atoms with E-state index in [1.165, 1.54) is 17.3 Å². The monoisotopic (exact) mass is 421 g/mol. The summed E-state index contributed by atoms with van der Waals surface area (Å²) < 4.78 is 10.6. The number of hydrogen-bond donors (Lipinski definition) is 2. The average molecular weight is 421 g/mol. The first-order valence-electron chi connectivity index (χ1n) is 9.62. The Bertz CT molecular complexity index is 1260. The number of rotatable bonds is 6. The van der Waals surface area contributed by atoms with Crippen molar-refractivity contribution in [3.8, 4) is 11.5 Å². The minimum Gasteiger partial charge on any atom is -0.454 e. The van der Waals surface area contributed by atoms with Crippen LogP contribution in [0.5, 0.6) is 11.5 Å². The van der Waals surface area contributed by atoms with Crippen molar-refractivity contribution in [1.29, 1.82) is 0 Å². The van der Waals surface area contributed by atoms with Gasteiger partial charge in [-0.25, -0.2) is 4.98 Å². The lowest BCUT2D eigenvalue weighted by molar-refractivity contribution is -0.118. The Kier molecular flexibility index (Phi) is 4.88. The summed E-state index contributed by atoms with van der Waals surface area (Å²) in [7, 11) is 0. The second-order valence-corrected chi connectivity index (χ2v) is 7.85. The first-order valence-corrected chi connectivity index (χ1v) is 10.6. The third-order valence-electron chi connectivity index (χ3n) is 4.93. The van der Waals surface area contributed by atoms with Crippen LogP contribution in [0.2, 0.25) is 0 Å². The number of nitrogens with zero attached hydrogens (tertiary/aromatic N) is 3. The van der Waals surface area contributed by atoms with Crippen molar-refractivity contribution in [3.05, 3.63) is 47.5 Å². The number of nitrogens with one attached hydrogen (secondary N) is 2. The molecular formula is C21H19N5O3S. The van der Waals surface area contributed by atoms with Crippen molar-refractivity contribution in [2.24, 2.45) is 0 Å². The van der Waals surface area contributed by atoms with Gasteiger partial charge in [0.1, 0.15) is 5.52 Å². The minimum absolute atomic E-state index is 0.106. The maximum absolute atomic E-state index is 12.2. The molecule has 1 aliphatic heterocycles. The Morgan fingerprint density at radius 3 is 2.90 bits per heavy atom. The van der Waals surface area contributed by atoms with Gasteiger partial charge in [0.25, 0.3) is 0 Å². The zero-order valence-electron chi connectivity index (χ0n) is 16.3. The number of aromatic nitrogens is 4. The summed E-state index contributed by atoms with van der Waals surface area (Å²) in [6, 6.07) is 11.9. The van der Waals surface area contributed by atoms with Crippen LogP contribution in [0.15, 0.2) is 41.6 Å². The highest BCUT2D eigenvalue weighted by Gasteiger charge is 2.14. The van der Waals surface area contributed by atoms with Crippen LogP contribution in [0.3, 0.4) is 0 Å². The molecule has 8 nitrogen and oxygen atoms in total. The fourth-order valence-electron chi connectivity index (χ4n) is 3.32. The van der Waals surface area contributed by atoms with Gasteiger partial charge in [0.15, 0.2) is 17.1 Å². The summed E-state index contributed by atoms with van der Waals surface area (Å²) >= 11 is 1.25. The van der Waals surface area contributed by atoms with Gasteiger partial charge in [0.05, 0.1) is 5.75 Å². The molecule has 2 aromatic heterocycles. The molecule has 0 saturated carbocycles. The van der Waals surface area contributed by atoms with Crippen molar-refractivity contribution in [2.75, 3.05) is 12.5 Å². The van der Waals surface area contributed by atoms with Gasteiger partial charge in [0.2, 0.25) is 17.9 Å². The largest absolute Gasteiger partial charge is 0.454 e. The maximum Gasteiger partial charge on any atom is 0.231 e. The van der Waals surface area contributed by atoms with Crippen LogP contribution in [-0.2, 0) is 17.8 Å². The first kappa shape index (κ1) is 18.7. The average Bonchev–Trinajstić information content (AvgIpc) is 3.39. The Hall–Kier alpha value is -3.33. The molecule has 2 N–H and O–H groups in total. The van der Waals surface area contributed by atoms with Gasteiger partial charge in [-0.05, 0) is 41.8 Å². The van der Waals surface area contributed by atoms with Crippen molar-refractivity contribution < 1.29 is 14.3 Å². The lowest BCUT2D eigenvalue weighted by Gasteiger charge is -2.06. The van der Waals surface area contributed by atoms with Crippen LogP contribution in [0, 0.1) is 0 Å². The summed E-state index contributed by atoms with van der Waals surface area (Å²) in [5, 5.41) is 12.9. The Balaban J connectivity index is 1.22. The van der Waals surface area contributed by atoms with Crippen LogP contribution in [0.4, 0.5) is 0 Å². The zero-order valence-corrected chi connectivity index (χ0v) is 17.1. The predicted octanol–water partition coefficient (Wildman–Crippen LogP) is 3.21. The van der Waals surface area contributed by atoms with E-state index in [1.807, 2.05) is 24.3 Å². The van der Waals surface area contributed by atoms with Gasteiger partial charge >= 0.3 is 0 Å². The molecule has 4 aromatic rings. The topological polar surface area (TPSA) is 102 Å². The number of H-pyrrole nitrogens is 1. The lowest BCUT2D eigenvalue weighted by Crippen LogP contribution is -2.24. The summed E-state index contributed by atoms with van der Waals surface area (Å²) in [6.07, 6.45) is 0.957. The number of carbonyl (C=O) groups is 1. The van der Waals surface area contributed by atoms with Crippen LogP contribution in [-0.4, -0.2) is 38.6 Å². The van der Waals surface area contributed by atoms with E-state index in [2.05, 4.69) is 44.5 Å². The number of hydrogen-bond acceptors (Lipinski definition) is 7. The molecule has 0 saturated heterocycles. The molecular weight excluding hydrogens is 402 g/mol. The molecule has 30 heavy (non-hydrogen) atoms. The number of fused-ring (bicyclic) bond motifs is 4. The fraction of sp³-hybridized carbons (Fsp3) is 0.238. The minimum atomic E-state index is -0.106. The molecule has 0 bridgehead atoms. The molecule has 9 heteroatoms. The number of aromatic amines is 1. The Morgan fingerprint density at radius 1 is 1.13 bits per heavy atom. The van der Waals surface area contributed by atoms with Gasteiger partial charge < -0.3 is 19.8 Å². The molecule has 1 aliphatic rings. The van der Waals surface area contributed by atoms with Gasteiger partial charge in [-0.3, -0.25) is 4.79 Å². The molecule has 2 aromatic carbocycles. The van der Waals surface area contributed by atoms with E-state index in [9.17, 15) is 4.79 Å². The molecule has 0 spiro atoms. The van der Waals surface area contributed by atoms with Crippen LogP contribution < -0.4 is 14.8 Å². The van der Waals surface area contributed by atoms with Gasteiger partial charge in [0, 0.05) is 17.4 Å². The quantitative estimate of drug-likeness (QED) is 0.461. The predicted molar refractivity (Wildman–Crippen MR) is 114 cm³/mol. The van der Waals surface area contributed by atoms with E-state index in [4.69, 9.17) is 9.47 Å². The van der Waals surface area contributed by atoms with Crippen molar-refractivity contribution in [2.45, 2.75) is 25.0 Å².